The van der Waals surface area contributed by atoms with E-state index in [-0.39, 0.29) is 116 Å². The van der Waals surface area contributed by atoms with E-state index in [0.717, 1.165) is 55.6 Å². The smallest absolute Gasteiger partial charge is 0.341 e. The standard InChI is InChI=1S/C22H26F2NO5.C21H24F2NO5.C20H22F2N2O4.C20H21F2NO5/c1-5-29-22(28)18-10-14(17-8-7-15(23)11-19(17)24)6-9-20(18)30-21(27)12-16(26)13-25(2,3)4;1-24(2,3)12-15(25)11-20(26)29-19-8-5-13(9-17(19)21(27)28-4)16-7-6-14(22)10-18(16)23;1-24(2,3)11-14(25)10-19(26)28-18-7-4-12(8-16(18)20(23)27)15-6-5-13(21)9-17(15)22;1-23(2,3)11-14(24)10-19(25)28-18-7-4-12(8-16(18)20(26)27)15-6-5-13(21)9-17(15)22/h6-11,16,26H,5,12-13H2,1-4H3;5-10,15,25H,11-12H2,1-4H3;4-9,14,25H,10-11H2,1-3H3,(H-,23,27);4-9,14,24H,10-11H2,1-3H3/q2*+1;;/p+2. The number of halogens is 8. The molecule has 0 radical (unpaired) electrons. The summed E-state index contributed by atoms with van der Waals surface area (Å²) in [5, 5.41) is 49.4. The predicted molar refractivity (Wildman–Crippen MR) is 407 cm³/mol. The molecule has 8 aromatic carbocycles. The molecule has 4 atom stereocenters. The number of quaternary nitrogens is 4. The lowest BCUT2D eigenvalue weighted by Gasteiger charge is -2.26. The first kappa shape index (κ1) is 94.2. The van der Waals surface area contributed by atoms with Crippen molar-refractivity contribution in [2.45, 2.75) is 57.0 Å². The molecule has 4 unspecified atom stereocenters. The lowest BCUT2D eigenvalue weighted by Crippen LogP contribution is -2.42. The zero-order valence-electron chi connectivity index (χ0n) is 65.9. The Hall–Kier alpha value is -11.4. The Bertz CT molecular complexity index is 4660. The average Bonchev–Trinajstić information content (AvgIpc) is 0.823. The van der Waals surface area contributed by atoms with E-state index in [1.54, 1.807) is 6.92 Å². The fourth-order valence-corrected chi connectivity index (χ4v) is 11.3. The summed E-state index contributed by atoms with van der Waals surface area (Å²) in [6.07, 6.45) is -4.79. The van der Waals surface area contributed by atoms with Gasteiger partial charge in [0.2, 0.25) is 0 Å². The van der Waals surface area contributed by atoms with Gasteiger partial charge in [0.15, 0.2) is 0 Å². The van der Waals surface area contributed by atoms with E-state index in [1.807, 2.05) is 84.6 Å². The fraction of sp³-hybridized carbons (Fsp3) is 0.325. The third kappa shape index (κ3) is 31.5. The van der Waals surface area contributed by atoms with Crippen LogP contribution in [-0.4, -0.2) is 240 Å². The lowest BCUT2D eigenvalue weighted by molar-refractivity contribution is -0.873. The van der Waals surface area contributed by atoms with Crippen LogP contribution in [0.3, 0.4) is 0 Å². The molecule has 1 amide bonds. The number of aliphatic hydroxyl groups is 4. The molecule has 8 rings (SSSR count). The summed E-state index contributed by atoms with van der Waals surface area (Å²) in [5.74, 6) is -13.4. The van der Waals surface area contributed by atoms with E-state index in [1.165, 1.54) is 91.0 Å². The molecule has 32 heteroatoms. The van der Waals surface area contributed by atoms with Gasteiger partial charge in [-0.15, -0.1) is 0 Å². The highest BCUT2D eigenvalue weighted by atomic mass is 19.2. The number of methoxy groups -OCH3 is 1. The highest BCUT2D eigenvalue weighted by Gasteiger charge is 2.29. The summed E-state index contributed by atoms with van der Waals surface area (Å²) in [6, 6.07) is 28.1. The van der Waals surface area contributed by atoms with Gasteiger partial charge in [-0.1, -0.05) is 24.3 Å². The van der Waals surface area contributed by atoms with E-state index >= 15 is 0 Å². The summed E-state index contributed by atoms with van der Waals surface area (Å²) in [6.45, 7) is 3.02. The Morgan fingerprint density at radius 1 is 0.348 bits per heavy atom. The van der Waals surface area contributed by atoms with Gasteiger partial charge in [-0.2, -0.15) is 0 Å². The number of rotatable bonds is 29. The number of amides is 1. The van der Waals surface area contributed by atoms with Crippen molar-refractivity contribution in [1.82, 2.24) is 0 Å². The predicted octanol–water partition coefficient (Wildman–Crippen LogP) is 10.7. The zero-order chi connectivity index (χ0) is 86.4. The molecule has 0 bridgehead atoms. The summed E-state index contributed by atoms with van der Waals surface area (Å²) in [7, 11) is 23.6. The molecule has 0 heterocycles. The zero-order valence-corrected chi connectivity index (χ0v) is 65.9. The number of carbonyl (C=O) groups is 8. The number of primary amides is 1. The Labute approximate surface area is 659 Å². The van der Waals surface area contributed by atoms with Crippen molar-refractivity contribution in [1.29, 1.82) is 0 Å². The molecule has 7 N–H and O–H groups in total. The van der Waals surface area contributed by atoms with Gasteiger partial charge < -0.3 is 77.6 Å². The molecule has 0 aliphatic heterocycles. The Morgan fingerprint density at radius 2 is 0.583 bits per heavy atom. The maximum absolute atomic E-state index is 14.1. The van der Waals surface area contributed by atoms with Crippen molar-refractivity contribution in [2.24, 2.45) is 5.73 Å². The van der Waals surface area contributed by atoms with Crippen molar-refractivity contribution in [2.75, 3.05) is 124 Å². The topological polar surface area (TPSA) is 319 Å². The van der Waals surface area contributed by atoms with Crippen molar-refractivity contribution < 1.29 is 145 Å². The van der Waals surface area contributed by atoms with E-state index in [0.29, 0.717) is 55.7 Å². The van der Waals surface area contributed by atoms with Crippen LogP contribution in [-0.2, 0) is 28.7 Å². The minimum Gasteiger partial charge on any atom is -0.478 e. The normalized spacial score (nSPS) is 12.4. The number of hydrogen-bond donors (Lipinski definition) is 6. The Balaban J connectivity index is 0.000000274. The molecule has 8 aromatic rings. The molecule has 0 fully saturated rings. The van der Waals surface area contributed by atoms with E-state index in [2.05, 4.69) is 0 Å². The van der Waals surface area contributed by atoms with Crippen LogP contribution in [0.2, 0.25) is 0 Å². The number of aliphatic hydroxyl groups excluding tert-OH is 4. The Kier molecular flexibility index (Phi) is 34.1. The highest BCUT2D eigenvalue weighted by molar-refractivity contribution is 5.99. The van der Waals surface area contributed by atoms with Crippen LogP contribution in [0, 0.1) is 46.5 Å². The molecule has 115 heavy (non-hydrogen) atoms. The van der Waals surface area contributed by atoms with Crippen LogP contribution in [0.25, 0.3) is 44.5 Å². The largest absolute Gasteiger partial charge is 0.478 e. The Morgan fingerprint density at radius 3 is 0.809 bits per heavy atom. The van der Waals surface area contributed by atoms with Crippen LogP contribution in [0.1, 0.15) is 74.0 Å². The number of ether oxygens (including phenoxy) is 6. The minimum atomic E-state index is -1.38. The summed E-state index contributed by atoms with van der Waals surface area (Å²) >= 11 is 0. The number of esters is 6. The molecule has 0 aromatic heterocycles. The third-order valence-electron chi connectivity index (χ3n) is 15.8. The van der Waals surface area contributed by atoms with Gasteiger partial charge in [0, 0.05) is 46.5 Å². The molecule has 0 saturated carbocycles. The molecule has 0 aliphatic carbocycles. The first-order chi connectivity index (χ1) is 53.4. The quantitative estimate of drug-likeness (QED) is 0.0110. The van der Waals surface area contributed by atoms with Gasteiger partial charge in [0.05, 0.1) is 130 Å². The monoisotopic (exact) mass is 1620 g/mol. The molecule has 0 saturated heterocycles. The second-order valence-corrected chi connectivity index (χ2v) is 30.4. The van der Waals surface area contributed by atoms with Crippen LogP contribution in [0.5, 0.6) is 23.0 Å². The summed E-state index contributed by atoms with van der Waals surface area (Å²) in [5.41, 5.74) is 5.98. The number of benzene rings is 8. The van der Waals surface area contributed by atoms with Gasteiger partial charge >= 0.3 is 41.8 Å². The molecule has 618 valence electrons. The molecular weight excluding hydrogens is 1520 g/mol. The first-order valence-corrected chi connectivity index (χ1v) is 35.4. The average molecular weight is 1620 g/mol. The van der Waals surface area contributed by atoms with Crippen molar-refractivity contribution >= 4 is 47.7 Å². The second-order valence-electron chi connectivity index (χ2n) is 30.4. The number of aromatic carboxylic acids is 1. The first-order valence-electron chi connectivity index (χ1n) is 35.4. The SMILES string of the molecule is CCOC(=O)c1cc(-c2ccc(F)cc2F)ccc1OC(=O)CC(O)C[N+](C)(C)C.COC(=O)c1cc(-c2ccc(F)cc2F)ccc1OC(=O)CC(O)C[N+](C)(C)C.C[N+](C)(C)CC(O)CC(=O)Oc1ccc(-c2ccc(F)cc2F)cc1C(=O)O.C[N+](C)(C)CC(O)CC(=O)Oc1ccc(-c2ccc(F)cc2F)cc1C(N)=O. The van der Waals surface area contributed by atoms with Gasteiger partial charge in [0.1, 0.15) is 137 Å². The second kappa shape index (κ2) is 41.6. The number of nitrogens with two attached hydrogens (primary N) is 1. The number of carbonyl (C=O) groups excluding carboxylic acids is 7. The highest BCUT2D eigenvalue weighted by Crippen LogP contribution is 2.35. The van der Waals surface area contributed by atoms with E-state index < -0.39 is 119 Å². The van der Waals surface area contributed by atoms with Crippen LogP contribution >= 0.6 is 0 Å². The fourth-order valence-electron chi connectivity index (χ4n) is 11.3. The number of hydrogen-bond acceptors (Lipinski definition) is 18. The number of nitrogens with zero attached hydrogens (tertiary/aromatic N) is 4. The van der Waals surface area contributed by atoms with E-state index in [4.69, 9.17) is 34.2 Å². The minimum absolute atomic E-state index is 0.0140. The molecule has 0 aliphatic rings. The molecular formula is C83H95F8N5O19+4. The van der Waals surface area contributed by atoms with Crippen molar-refractivity contribution in [3.63, 3.8) is 0 Å². The maximum atomic E-state index is 14.1. The summed E-state index contributed by atoms with van der Waals surface area (Å²) < 4.78 is 141. The summed E-state index contributed by atoms with van der Waals surface area (Å²) in [4.78, 5) is 96.3. The number of carboxylic acids is 1. The van der Waals surface area contributed by atoms with Gasteiger partial charge in [-0.25, -0.2) is 49.5 Å². The van der Waals surface area contributed by atoms with Gasteiger partial charge in [-0.3, -0.25) is 24.0 Å². The molecule has 24 nitrogen and oxygen atoms in total. The van der Waals surface area contributed by atoms with Crippen molar-refractivity contribution in [3.05, 3.63) is 214 Å². The number of carboxylic acid groups (broad SMARTS) is 1. The maximum Gasteiger partial charge on any atom is 0.341 e. The van der Waals surface area contributed by atoms with Crippen LogP contribution in [0.4, 0.5) is 35.1 Å². The van der Waals surface area contributed by atoms with Gasteiger partial charge in [0.25, 0.3) is 5.91 Å². The third-order valence-corrected chi connectivity index (χ3v) is 15.8. The molecule has 0 spiro atoms. The van der Waals surface area contributed by atoms with Crippen LogP contribution < -0.4 is 24.7 Å². The van der Waals surface area contributed by atoms with Crippen molar-refractivity contribution in [3.8, 4) is 67.5 Å². The lowest BCUT2D eigenvalue weighted by atomic mass is 10.0. The van der Waals surface area contributed by atoms with E-state index in [9.17, 15) is 99.0 Å². The number of likely N-dealkylation sites (N-methyl/N-ethyl adjacent to an activating group) is 4. The van der Waals surface area contributed by atoms with Crippen LogP contribution in [0.15, 0.2) is 146 Å². The van der Waals surface area contributed by atoms with Gasteiger partial charge in [-0.05, 0) is 126 Å².